The number of carboxylic acid groups (broad SMARTS) is 1. The smallest absolute Gasteiger partial charge is 0.410 e. The molecule has 0 amide bonds. The van der Waals surface area contributed by atoms with Crippen molar-refractivity contribution in [2.24, 2.45) is 0 Å². The van der Waals surface area contributed by atoms with Gasteiger partial charge < -0.3 is 15.2 Å². The molecule has 2 heterocycles. The van der Waals surface area contributed by atoms with Crippen molar-refractivity contribution in [1.82, 2.24) is 9.78 Å². The van der Waals surface area contributed by atoms with Crippen LogP contribution in [-0.2, 0) is 0 Å². The maximum atomic E-state index is 13.3. The number of nitrogens with one attached hydrogen (secondary N) is 1. The van der Waals surface area contributed by atoms with E-state index in [1.54, 1.807) is 24.3 Å². The lowest BCUT2D eigenvalue weighted by Crippen LogP contribution is -2.36. The molecule has 1 N–H and O–H groups in total. The fourth-order valence-electron chi connectivity index (χ4n) is 2.73. The number of aryl methyl sites for hydroxylation is 1. The van der Waals surface area contributed by atoms with Crippen LogP contribution in [0.2, 0.25) is 0 Å². The zero-order valence-corrected chi connectivity index (χ0v) is 12.1. The van der Waals surface area contributed by atoms with E-state index in [0.717, 1.165) is 11.8 Å². The quantitative estimate of drug-likeness (QED) is 0.919. The number of anilines is 1. The minimum atomic E-state index is -4.53. The van der Waals surface area contributed by atoms with Gasteiger partial charge in [-0.2, -0.15) is 18.3 Å². The van der Waals surface area contributed by atoms with E-state index < -0.39 is 24.2 Å². The van der Waals surface area contributed by atoms with Crippen LogP contribution in [0.25, 0.3) is 0 Å². The summed E-state index contributed by atoms with van der Waals surface area (Å²) in [5, 5.41) is 17.5. The summed E-state index contributed by atoms with van der Waals surface area (Å²) in [6.45, 7) is 1.87. The number of rotatable bonds is 2. The van der Waals surface area contributed by atoms with E-state index in [9.17, 15) is 23.1 Å². The second-order valence-corrected chi connectivity index (χ2v) is 5.54. The molecule has 1 aromatic carbocycles. The largest absolute Gasteiger partial charge is 0.545 e. The molecule has 2 unspecified atom stereocenters. The standard InChI is InChI=1S/C15H14F3N3O2/c1-8-2-4-9(5-3-8)11-6-12(15(16,17)18)21-13(20-11)10(7-19-21)14(22)23/h2-5,7,11-12,20H,6H2,1H3,(H,22,23)/p-1. The van der Waals surface area contributed by atoms with E-state index in [-0.39, 0.29) is 17.8 Å². The number of alkyl halides is 3. The van der Waals surface area contributed by atoms with Gasteiger partial charge >= 0.3 is 6.18 Å². The van der Waals surface area contributed by atoms with Gasteiger partial charge in [0.25, 0.3) is 0 Å². The van der Waals surface area contributed by atoms with Gasteiger partial charge in [-0.05, 0) is 12.5 Å². The molecule has 1 aliphatic rings. The number of aromatic carboxylic acids is 1. The Labute approximate surface area is 129 Å². The van der Waals surface area contributed by atoms with Gasteiger partial charge in [-0.25, -0.2) is 4.68 Å². The Balaban J connectivity index is 2.05. The Kier molecular flexibility index (Phi) is 3.54. The molecule has 0 spiro atoms. The van der Waals surface area contributed by atoms with Gasteiger partial charge in [-0.1, -0.05) is 29.8 Å². The first kappa shape index (κ1) is 15.4. The molecule has 3 rings (SSSR count). The van der Waals surface area contributed by atoms with Crippen molar-refractivity contribution in [3.8, 4) is 0 Å². The number of fused-ring (bicyclic) bond motifs is 1. The van der Waals surface area contributed by atoms with Crippen molar-refractivity contribution in [2.75, 3.05) is 5.32 Å². The van der Waals surface area contributed by atoms with Gasteiger partial charge in [0.2, 0.25) is 0 Å². The van der Waals surface area contributed by atoms with Crippen molar-refractivity contribution >= 4 is 11.8 Å². The number of hydrogen-bond acceptors (Lipinski definition) is 4. The molecule has 1 aromatic heterocycles. The minimum Gasteiger partial charge on any atom is -0.545 e. The van der Waals surface area contributed by atoms with Crippen LogP contribution in [0.4, 0.5) is 19.0 Å². The van der Waals surface area contributed by atoms with E-state index >= 15 is 0 Å². The highest BCUT2D eigenvalue weighted by Crippen LogP contribution is 2.44. The zero-order valence-electron chi connectivity index (χ0n) is 12.1. The third-order valence-corrected chi connectivity index (χ3v) is 3.94. The molecule has 0 bridgehead atoms. The van der Waals surface area contributed by atoms with E-state index in [1.165, 1.54) is 0 Å². The lowest BCUT2D eigenvalue weighted by atomic mass is 9.96. The molecule has 23 heavy (non-hydrogen) atoms. The van der Waals surface area contributed by atoms with Gasteiger partial charge in [0.1, 0.15) is 5.82 Å². The number of carboxylic acids is 1. The topological polar surface area (TPSA) is 70.0 Å². The molecule has 1 aliphatic heterocycles. The molecule has 5 nitrogen and oxygen atoms in total. The van der Waals surface area contributed by atoms with Crippen LogP contribution in [0.5, 0.6) is 0 Å². The first-order chi connectivity index (χ1) is 10.8. The molecule has 0 aliphatic carbocycles. The summed E-state index contributed by atoms with van der Waals surface area (Å²) in [6, 6.07) is 4.50. The van der Waals surface area contributed by atoms with Crippen molar-refractivity contribution in [1.29, 1.82) is 0 Å². The third kappa shape index (κ3) is 2.76. The molecule has 122 valence electrons. The summed E-state index contributed by atoms with van der Waals surface area (Å²) in [7, 11) is 0. The summed E-state index contributed by atoms with van der Waals surface area (Å²) >= 11 is 0. The molecule has 0 saturated carbocycles. The van der Waals surface area contributed by atoms with E-state index in [2.05, 4.69) is 10.4 Å². The van der Waals surface area contributed by atoms with Crippen molar-refractivity contribution in [3.63, 3.8) is 0 Å². The monoisotopic (exact) mass is 324 g/mol. The SMILES string of the molecule is Cc1ccc(C2CC(C(F)(F)F)n3ncc(C(=O)[O-])c3N2)cc1. The molecular formula is C15H13F3N3O2-. The van der Waals surface area contributed by atoms with E-state index in [1.807, 2.05) is 6.92 Å². The second-order valence-electron chi connectivity index (χ2n) is 5.54. The molecule has 0 saturated heterocycles. The molecule has 0 radical (unpaired) electrons. The Hall–Kier alpha value is -2.51. The van der Waals surface area contributed by atoms with Crippen molar-refractivity contribution < 1.29 is 23.1 Å². The van der Waals surface area contributed by atoms with Gasteiger partial charge in [0.15, 0.2) is 6.04 Å². The van der Waals surface area contributed by atoms with Crippen LogP contribution in [0.1, 0.15) is 40.0 Å². The lowest BCUT2D eigenvalue weighted by Gasteiger charge is -2.34. The summed E-state index contributed by atoms with van der Waals surface area (Å²) in [6.07, 6.45) is -3.92. The molecule has 2 aromatic rings. The number of hydrogen-bond donors (Lipinski definition) is 1. The predicted octanol–water partition coefficient (Wildman–Crippen LogP) is 2.22. The fraction of sp³-hybridized carbons (Fsp3) is 0.333. The average molecular weight is 324 g/mol. The van der Waals surface area contributed by atoms with Gasteiger partial charge in [-0.3, -0.25) is 0 Å². The molecule has 2 atom stereocenters. The maximum absolute atomic E-state index is 13.3. The second kappa shape index (κ2) is 5.29. The predicted molar refractivity (Wildman–Crippen MR) is 73.8 cm³/mol. The summed E-state index contributed by atoms with van der Waals surface area (Å²) < 4.78 is 40.7. The highest BCUT2D eigenvalue weighted by atomic mass is 19.4. The normalized spacial score (nSPS) is 20.7. The number of halogens is 3. The van der Waals surface area contributed by atoms with Crippen LogP contribution in [0, 0.1) is 6.92 Å². The number of benzene rings is 1. The maximum Gasteiger partial charge on any atom is 0.410 e. The van der Waals surface area contributed by atoms with Crippen molar-refractivity contribution in [3.05, 3.63) is 47.2 Å². The number of nitrogens with zero attached hydrogens (tertiary/aromatic N) is 2. The molecule has 0 fully saturated rings. The minimum absolute atomic E-state index is 0.177. The molecular weight excluding hydrogens is 311 g/mol. The third-order valence-electron chi connectivity index (χ3n) is 3.94. The van der Waals surface area contributed by atoms with Crippen molar-refractivity contribution in [2.45, 2.75) is 31.6 Å². The van der Waals surface area contributed by atoms with Gasteiger partial charge in [0, 0.05) is 6.42 Å². The van der Waals surface area contributed by atoms with Gasteiger partial charge in [0.05, 0.1) is 23.8 Å². The van der Waals surface area contributed by atoms with Crippen LogP contribution in [0.3, 0.4) is 0 Å². The van der Waals surface area contributed by atoms with E-state index in [0.29, 0.717) is 10.2 Å². The number of carbonyl (C=O) groups is 1. The van der Waals surface area contributed by atoms with Crippen LogP contribution in [-0.4, -0.2) is 21.9 Å². The van der Waals surface area contributed by atoms with Crippen LogP contribution >= 0.6 is 0 Å². The first-order valence-corrected chi connectivity index (χ1v) is 6.96. The fourth-order valence-corrected chi connectivity index (χ4v) is 2.73. The number of carbonyl (C=O) groups excluding carboxylic acids is 1. The summed E-state index contributed by atoms with van der Waals surface area (Å²) in [5.74, 6) is -1.74. The number of aromatic nitrogens is 2. The van der Waals surface area contributed by atoms with Crippen LogP contribution in [0.15, 0.2) is 30.5 Å². The Morgan fingerprint density at radius 2 is 2.00 bits per heavy atom. The Bertz CT molecular complexity index is 737. The van der Waals surface area contributed by atoms with Gasteiger partial charge in [-0.15, -0.1) is 0 Å². The molecule has 8 heteroatoms. The zero-order chi connectivity index (χ0) is 16.8. The highest BCUT2D eigenvalue weighted by molar-refractivity contribution is 5.91. The van der Waals surface area contributed by atoms with Crippen LogP contribution < -0.4 is 10.4 Å². The highest BCUT2D eigenvalue weighted by Gasteiger charge is 2.46. The lowest BCUT2D eigenvalue weighted by molar-refractivity contribution is -0.255. The first-order valence-electron chi connectivity index (χ1n) is 6.96. The summed E-state index contributed by atoms with van der Waals surface area (Å²) in [5.41, 5.74) is 1.26. The van der Waals surface area contributed by atoms with E-state index in [4.69, 9.17) is 0 Å². The Morgan fingerprint density at radius 1 is 1.35 bits per heavy atom. The average Bonchev–Trinajstić information content (AvgIpc) is 2.89. The Morgan fingerprint density at radius 3 is 2.57 bits per heavy atom. The summed E-state index contributed by atoms with van der Waals surface area (Å²) in [4.78, 5) is 11.1.